The normalized spacial score (nSPS) is 4.80. The molecular weight excluding hydrogens is 341 g/mol. The molecular formula is C2HCsO6Sr. The van der Waals surface area contributed by atoms with Crippen LogP contribution in [-0.4, -0.2) is 62.9 Å². The van der Waals surface area contributed by atoms with E-state index in [2.05, 4.69) is 0 Å². The van der Waals surface area contributed by atoms with E-state index in [1.807, 2.05) is 0 Å². The smallest absolute Gasteiger partial charge is 0.652 e. The van der Waals surface area contributed by atoms with Gasteiger partial charge in [-0.15, -0.1) is 0 Å². The summed E-state index contributed by atoms with van der Waals surface area (Å²) in [6.07, 6.45) is -4.42. The molecule has 0 aliphatic heterocycles. The van der Waals surface area contributed by atoms with Crippen molar-refractivity contribution in [2.45, 2.75) is 0 Å². The predicted octanol–water partition coefficient (Wildman–Crippen LogP) is -6.94. The van der Waals surface area contributed by atoms with E-state index in [4.69, 9.17) is 30.0 Å². The van der Waals surface area contributed by atoms with Gasteiger partial charge in [0.15, 0.2) is 0 Å². The molecule has 0 atom stereocenters. The number of carboxylic acid groups (broad SMARTS) is 4. The second-order valence-electron chi connectivity index (χ2n) is 0.516. The molecule has 0 saturated carbocycles. The van der Waals surface area contributed by atoms with Gasteiger partial charge >= 0.3 is 114 Å². The molecule has 0 rings (SSSR count). The Labute approximate surface area is 152 Å². The van der Waals surface area contributed by atoms with Crippen molar-refractivity contribution >= 4 is 57.8 Å². The SMILES string of the molecule is O=C([O-])O.O=C([O-])[O-].[Cs+].[Sr+2]. The number of carbonyl (C=O) groups excluding carboxylic acids is 1. The summed E-state index contributed by atoms with van der Waals surface area (Å²) in [6.45, 7) is 0. The van der Waals surface area contributed by atoms with Crippen LogP contribution in [0, 0.1) is 0 Å². The second-order valence-corrected chi connectivity index (χ2v) is 0.516. The molecule has 0 unspecified atom stereocenters. The zero-order chi connectivity index (χ0) is 7.15. The third kappa shape index (κ3) is 193. The molecule has 0 heterocycles. The topological polar surface area (TPSA) is 124 Å². The first kappa shape index (κ1) is 22.7. The Morgan fingerprint density at radius 3 is 1.10 bits per heavy atom. The van der Waals surface area contributed by atoms with Crippen LogP contribution in [0.3, 0.4) is 0 Å². The van der Waals surface area contributed by atoms with Crippen LogP contribution in [0.5, 0.6) is 0 Å². The summed E-state index contributed by atoms with van der Waals surface area (Å²) in [6, 6.07) is 0. The Morgan fingerprint density at radius 1 is 1.10 bits per heavy atom. The van der Waals surface area contributed by atoms with Gasteiger partial charge in [-0.05, 0) is 6.16 Å². The number of hydrogen-bond donors (Lipinski definition) is 1. The van der Waals surface area contributed by atoms with Crippen molar-refractivity contribution in [3.8, 4) is 0 Å². The summed E-state index contributed by atoms with van der Waals surface area (Å²) >= 11 is 0. The first-order valence-corrected chi connectivity index (χ1v) is 1.24. The molecule has 6 nitrogen and oxygen atoms in total. The largest absolute Gasteiger partial charge is 2.00 e. The molecule has 8 heteroatoms. The van der Waals surface area contributed by atoms with E-state index in [0.29, 0.717) is 0 Å². The van der Waals surface area contributed by atoms with E-state index >= 15 is 0 Å². The third-order valence-electron chi connectivity index (χ3n) is 0. The molecule has 0 aliphatic rings. The van der Waals surface area contributed by atoms with Crippen LogP contribution in [0.1, 0.15) is 0 Å². The van der Waals surface area contributed by atoms with Crippen LogP contribution >= 0.6 is 0 Å². The molecule has 0 amide bonds. The van der Waals surface area contributed by atoms with Gasteiger partial charge in [-0.2, -0.15) is 0 Å². The molecule has 48 valence electrons. The standard InChI is InChI=1S/2CH2O3.Cs.Sr/c2*2-1(3)4;;/h2*(H2,2,3,4);;/q;;+1;+2/p-3. The van der Waals surface area contributed by atoms with E-state index in [1.54, 1.807) is 0 Å². The van der Waals surface area contributed by atoms with Gasteiger partial charge < -0.3 is 30.0 Å². The minimum absolute atomic E-state index is 0. The summed E-state index contributed by atoms with van der Waals surface area (Å²) in [5, 5.41) is 32.0. The van der Waals surface area contributed by atoms with Crippen LogP contribution in [0.15, 0.2) is 0 Å². The molecule has 0 fully saturated rings. The predicted molar refractivity (Wildman–Crippen MR) is 19.2 cm³/mol. The fourth-order valence-corrected chi connectivity index (χ4v) is 0. The van der Waals surface area contributed by atoms with Gasteiger partial charge in [0, 0.05) is 0 Å². The van der Waals surface area contributed by atoms with Crippen molar-refractivity contribution in [3.63, 3.8) is 0 Å². The third-order valence-corrected chi connectivity index (χ3v) is 0. The molecule has 10 heavy (non-hydrogen) atoms. The zero-order valence-corrected chi connectivity index (χ0v) is 15.0. The average Bonchev–Trinajstić information content (AvgIpc) is 1.25. The average molecular weight is 342 g/mol. The second kappa shape index (κ2) is 17.2. The fourth-order valence-electron chi connectivity index (χ4n) is 0. The van der Waals surface area contributed by atoms with Gasteiger partial charge in [-0.1, -0.05) is 0 Å². The van der Waals surface area contributed by atoms with Crippen LogP contribution < -0.4 is 84.2 Å². The van der Waals surface area contributed by atoms with Crippen molar-refractivity contribution in [1.82, 2.24) is 0 Å². The van der Waals surface area contributed by atoms with Gasteiger partial charge in [0.2, 0.25) is 6.16 Å². The van der Waals surface area contributed by atoms with Crippen molar-refractivity contribution in [1.29, 1.82) is 0 Å². The summed E-state index contributed by atoms with van der Waals surface area (Å²) in [5.41, 5.74) is 0. The number of rotatable bonds is 0. The Hall–Kier alpha value is 2.07. The van der Waals surface area contributed by atoms with Crippen LogP contribution in [0.25, 0.3) is 0 Å². The van der Waals surface area contributed by atoms with Gasteiger partial charge in [0.1, 0.15) is 0 Å². The van der Waals surface area contributed by atoms with E-state index in [9.17, 15) is 0 Å². The van der Waals surface area contributed by atoms with Crippen molar-refractivity contribution < 1.29 is 98.9 Å². The van der Waals surface area contributed by atoms with E-state index < -0.39 is 12.3 Å². The molecule has 0 spiro atoms. The molecule has 1 N–H and O–H groups in total. The monoisotopic (exact) mass is 342 g/mol. The van der Waals surface area contributed by atoms with Gasteiger partial charge in [0.05, 0.1) is 0 Å². The summed E-state index contributed by atoms with van der Waals surface area (Å²) < 4.78 is 0. The first-order chi connectivity index (χ1) is 3.46. The Balaban J connectivity index is -0.0000000300. The van der Waals surface area contributed by atoms with Crippen molar-refractivity contribution in [2.75, 3.05) is 0 Å². The van der Waals surface area contributed by atoms with Crippen LogP contribution in [0.4, 0.5) is 9.59 Å². The van der Waals surface area contributed by atoms with Gasteiger partial charge in [0.25, 0.3) is 0 Å². The summed E-state index contributed by atoms with van der Waals surface area (Å²) in [7, 11) is 0. The Bertz CT molecular complexity index is 73.7. The van der Waals surface area contributed by atoms with Crippen LogP contribution in [-0.2, 0) is 0 Å². The minimum Gasteiger partial charge on any atom is -0.652 e. The molecule has 0 bridgehead atoms. The molecule has 0 aromatic heterocycles. The summed E-state index contributed by atoms with van der Waals surface area (Å²) in [4.78, 5) is 16.8. The van der Waals surface area contributed by atoms with Crippen molar-refractivity contribution in [2.24, 2.45) is 0 Å². The molecule has 0 aliphatic carbocycles. The van der Waals surface area contributed by atoms with Crippen molar-refractivity contribution in [3.05, 3.63) is 0 Å². The molecule has 0 aromatic rings. The number of hydrogen-bond acceptors (Lipinski definition) is 5. The zero-order valence-electron chi connectivity index (χ0n) is 5.20. The Morgan fingerprint density at radius 2 is 1.10 bits per heavy atom. The maximum atomic E-state index is 8.44. The van der Waals surface area contributed by atoms with E-state index in [-0.39, 0.29) is 114 Å². The molecule has 0 aromatic carbocycles. The van der Waals surface area contributed by atoms with Gasteiger partial charge in [-0.3, -0.25) is 0 Å². The molecule has 0 saturated heterocycles. The maximum absolute atomic E-state index is 8.44. The maximum Gasteiger partial charge on any atom is 2.00 e. The molecule has 0 radical (unpaired) electrons. The quantitative estimate of drug-likeness (QED) is 0.437. The van der Waals surface area contributed by atoms with Crippen LogP contribution in [0.2, 0.25) is 0 Å². The first-order valence-electron chi connectivity index (χ1n) is 1.24. The fraction of sp³-hybridized carbons (Fsp3) is 0. The minimum atomic E-state index is -2.33. The van der Waals surface area contributed by atoms with Gasteiger partial charge in [-0.25, -0.2) is 0 Å². The van der Waals surface area contributed by atoms with E-state index in [1.165, 1.54) is 0 Å². The summed E-state index contributed by atoms with van der Waals surface area (Å²) in [5.74, 6) is 0. The number of carbonyl (C=O) groups is 2. The Kier molecular flexibility index (Phi) is 39.2. The van der Waals surface area contributed by atoms with E-state index in [0.717, 1.165) is 0 Å².